The molecule has 1 N–H and O–H groups in total. The molecule has 1 aliphatic rings. The normalized spacial score (nSPS) is 21.1. The van der Waals surface area contributed by atoms with Gasteiger partial charge in [0.25, 0.3) is 0 Å². The monoisotopic (exact) mass is 293 g/mol. The van der Waals surface area contributed by atoms with E-state index < -0.39 is 0 Å². The Kier molecular flexibility index (Phi) is 4.36. The maximum absolute atomic E-state index is 8.96. The van der Waals surface area contributed by atoms with Crippen LogP contribution < -0.4 is 5.32 Å². The minimum absolute atomic E-state index is 0.0352. The van der Waals surface area contributed by atoms with Crippen LogP contribution in [0.5, 0.6) is 0 Å². The van der Waals surface area contributed by atoms with Gasteiger partial charge in [-0.1, -0.05) is 29.8 Å². The fourth-order valence-electron chi connectivity index (χ4n) is 2.81. The Bertz CT molecular complexity index is 675. The summed E-state index contributed by atoms with van der Waals surface area (Å²) in [6.07, 6.45) is 3.78. The van der Waals surface area contributed by atoms with Gasteiger partial charge in [0.15, 0.2) is 0 Å². The number of nitrogens with zero attached hydrogens (tertiary/aromatic N) is 2. The largest absolute Gasteiger partial charge is 0.379 e. The molecule has 22 heavy (non-hydrogen) atoms. The van der Waals surface area contributed by atoms with Crippen molar-refractivity contribution in [1.29, 1.82) is 5.26 Å². The Balaban J connectivity index is 1.80. The molecule has 112 valence electrons. The summed E-state index contributed by atoms with van der Waals surface area (Å²) in [7, 11) is 0. The number of anilines is 1. The maximum Gasteiger partial charge on any atom is 0.142 e. The molecule has 1 aromatic carbocycles. The predicted molar refractivity (Wildman–Crippen MR) is 85.5 cm³/mol. The number of nitriles is 1. The van der Waals surface area contributed by atoms with Crippen LogP contribution >= 0.6 is 0 Å². The quantitative estimate of drug-likeness (QED) is 0.939. The van der Waals surface area contributed by atoms with Crippen molar-refractivity contribution in [2.24, 2.45) is 0 Å². The number of aryl methyl sites for hydroxylation is 1. The van der Waals surface area contributed by atoms with E-state index in [4.69, 9.17) is 10.00 Å². The minimum atomic E-state index is 0.0352. The molecule has 0 radical (unpaired) electrons. The Morgan fingerprint density at radius 3 is 2.86 bits per heavy atom. The molecular formula is C18H19N3O. The Labute approximate surface area is 130 Å². The number of aromatic nitrogens is 1. The topological polar surface area (TPSA) is 57.9 Å². The van der Waals surface area contributed by atoms with Crippen molar-refractivity contribution >= 4 is 5.69 Å². The van der Waals surface area contributed by atoms with E-state index in [1.165, 1.54) is 11.1 Å². The molecule has 1 aliphatic heterocycles. The van der Waals surface area contributed by atoms with Gasteiger partial charge in [-0.25, -0.2) is 4.98 Å². The van der Waals surface area contributed by atoms with E-state index in [0.717, 1.165) is 25.1 Å². The summed E-state index contributed by atoms with van der Waals surface area (Å²) in [5, 5.41) is 12.5. The van der Waals surface area contributed by atoms with E-state index in [0.29, 0.717) is 5.69 Å². The number of benzene rings is 1. The highest BCUT2D eigenvalue weighted by atomic mass is 16.5. The van der Waals surface area contributed by atoms with Crippen molar-refractivity contribution in [3.63, 3.8) is 0 Å². The SMILES string of the molecule is Cc1ccc([C@@H]2OCCC[C@H]2Nc2ccnc(C#N)c2)cc1. The van der Waals surface area contributed by atoms with E-state index in [2.05, 4.69) is 47.6 Å². The third-order valence-electron chi connectivity index (χ3n) is 3.95. The number of hydrogen-bond acceptors (Lipinski definition) is 4. The first-order valence-corrected chi connectivity index (χ1v) is 7.57. The van der Waals surface area contributed by atoms with E-state index in [1.807, 2.05) is 6.07 Å². The van der Waals surface area contributed by atoms with Gasteiger partial charge in [0.2, 0.25) is 0 Å². The lowest BCUT2D eigenvalue weighted by molar-refractivity contribution is 0.00565. The van der Waals surface area contributed by atoms with Gasteiger partial charge in [-0.2, -0.15) is 5.26 Å². The summed E-state index contributed by atoms with van der Waals surface area (Å²) in [6, 6.07) is 14.4. The first-order chi connectivity index (χ1) is 10.8. The van der Waals surface area contributed by atoms with Crippen LogP contribution in [0.3, 0.4) is 0 Å². The molecule has 2 heterocycles. The van der Waals surface area contributed by atoms with E-state index >= 15 is 0 Å². The second kappa shape index (κ2) is 6.59. The van der Waals surface area contributed by atoms with Gasteiger partial charge in [-0.05, 0) is 37.5 Å². The molecule has 4 heteroatoms. The molecular weight excluding hydrogens is 274 g/mol. The molecule has 4 nitrogen and oxygen atoms in total. The molecule has 3 rings (SSSR count). The molecule has 1 saturated heterocycles. The first kappa shape index (κ1) is 14.6. The van der Waals surface area contributed by atoms with Gasteiger partial charge >= 0.3 is 0 Å². The van der Waals surface area contributed by atoms with E-state index in [1.54, 1.807) is 12.3 Å². The molecule has 0 amide bonds. The Morgan fingerprint density at radius 2 is 2.09 bits per heavy atom. The summed E-state index contributed by atoms with van der Waals surface area (Å²) in [4.78, 5) is 4.01. The van der Waals surface area contributed by atoms with Gasteiger partial charge in [0, 0.05) is 18.5 Å². The van der Waals surface area contributed by atoms with Crippen LogP contribution in [-0.4, -0.2) is 17.6 Å². The Morgan fingerprint density at radius 1 is 1.27 bits per heavy atom. The number of pyridine rings is 1. The maximum atomic E-state index is 8.96. The molecule has 0 spiro atoms. The average molecular weight is 293 g/mol. The second-order valence-corrected chi connectivity index (χ2v) is 5.64. The number of ether oxygens (including phenoxy) is 1. The van der Waals surface area contributed by atoms with Crippen LogP contribution in [-0.2, 0) is 4.74 Å². The lowest BCUT2D eigenvalue weighted by atomic mass is 9.95. The summed E-state index contributed by atoms with van der Waals surface area (Å²) < 4.78 is 6.00. The molecule has 0 saturated carbocycles. The highest BCUT2D eigenvalue weighted by molar-refractivity contribution is 5.47. The first-order valence-electron chi connectivity index (χ1n) is 7.57. The van der Waals surface area contributed by atoms with Gasteiger partial charge in [-0.15, -0.1) is 0 Å². The Hall–Kier alpha value is -2.38. The average Bonchev–Trinajstić information content (AvgIpc) is 2.56. The van der Waals surface area contributed by atoms with Crippen molar-refractivity contribution in [3.8, 4) is 6.07 Å². The summed E-state index contributed by atoms with van der Waals surface area (Å²) in [5.41, 5.74) is 3.78. The van der Waals surface area contributed by atoms with E-state index in [-0.39, 0.29) is 12.1 Å². The lowest BCUT2D eigenvalue weighted by Crippen LogP contribution is -2.33. The van der Waals surface area contributed by atoms with Crippen LogP contribution in [0.15, 0.2) is 42.6 Å². The van der Waals surface area contributed by atoms with Crippen LogP contribution in [0.25, 0.3) is 0 Å². The van der Waals surface area contributed by atoms with Crippen molar-refractivity contribution in [2.75, 3.05) is 11.9 Å². The molecule has 0 bridgehead atoms. The highest BCUT2D eigenvalue weighted by Gasteiger charge is 2.27. The molecule has 1 fully saturated rings. The zero-order valence-corrected chi connectivity index (χ0v) is 12.6. The predicted octanol–water partition coefficient (Wildman–Crippen LogP) is 3.59. The van der Waals surface area contributed by atoms with E-state index in [9.17, 15) is 0 Å². The highest BCUT2D eigenvalue weighted by Crippen LogP contribution is 2.31. The van der Waals surface area contributed by atoms with Gasteiger partial charge < -0.3 is 10.1 Å². The van der Waals surface area contributed by atoms with Crippen molar-refractivity contribution in [1.82, 2.24) is 4.98 Å². The van der Waals surface area contributed by atoms with Crippen LogP contribution in [0.1, 0.15) is 35.8 Å². The number of hydrogen-bond donors (Lipinski definition) is 1. The summed E-state index contributed by atoms with van der Waals surface area (Å²) in [6.45, 7) is 2.87. The number of rotatable bonds is 3. The summed E-state index contributed by atoms with van der Waals surface area (Å²) in [5.74, 6) is 0. The fourth-order valence-corrected chi connectivity index (χ4v) is 2.81. The molecule has 1 aromatic heterocycles. The third kappa shape index (κ3) is 3.26. The zero-order valence-electron chi connectivity index (χ0n) is 12.6. The van der Waals surface area contributed by atoms with Gasteiger partial charge in [-0.3, -0.25) is 0 Å². The zero-order chi connectivity index (χ0) is 15.4. The second-order valence-electron chi connectivity index (χ2n) is 5.64. The standard InChI is InChI=1S/C18H19N3O/c1-13-4-6-14(7-5-13)18-17(3-2-10-22-18)21-15-8-9-20-16(11-15)12-19/h4-9,11,17-18H,2-3,10H2,1H3,(H,20,21)/t17-,18+/m1/s1. The minimum Gasteiger partial charge on any atom is -0.379 e. The van der Waals surface area contributed by atoms with Crippen molar-refractivity contribution in [3.05, 3.63) is 59.4 Å². The van der Waals surface area contributed by atoms with Crippen LogP contribution in [0, 0.1) is 18.3 Å². The molecule has 0 unspecified atom stereocenters. The molecule has 2 aromatic rings. The van der Waals surface area contributed by atoms with Crippen molar-refractivity contribution in [2.45, 2.75) is 31.9 Å². The van der Waals surface area contributed by atoms with Gasteiger partial charge in [0.1, 0.15) is 17.9 Å². The van der Waals surface area contributed by atoms with Gasteiger partial charge in [0.05, 0.1) is 6.04 Å². The third-order valence-corrected chi connectivity index (χ3v) is 3.95. The fraction of sp³-hybridized carbons (Fsp3) is 0.333. The summed E-state index contributed by atoms with van der Waals surface area (Å²) >= 11 is 0. The lowest BCUT2D eigenvalue weighted by Gasteiger charge is -2.33. The molecule has 0 aliphatic carbocycles. The number of nitrogens with one attached hydrogen (secondary N) is 1. The van der Waals surface area contributed by atoms with Crippen molar-refractivity contribution < 1.29 is 4.74 Å². The smallest absolute Gasteiger partial charge is 0.142 e. The van der Waals surface area contributed by atoms with Crippen LogP contribution in [0.4, 0.5) is 5.69 Å². The molecule has 2 atom stereocenters. The van der Waals surface area contributed by atoms with Crippen LogP contribution in [0.2, 0.25) is 0 Å².